The normalized spacial score (nSPS) is 13.0. The fourth-order valence-corrected chi connectivity index (χ4v) is 1.59. The van der Waals surface area contributed by atoms with Gasteiger partial charge in [0, 0.05) is 0 Å². The van der Waals surface area contributed by atoms with Crippen LogP contribution in [-0.4, -0.2) is 32.6 Å². The molecule has 1 amide bonds. The average molecular weight is 240 g/mol. The zero-order valence-electron chi connectivity index (χ0n) is 10.6. The van der Waals surface area contributed by atoms with Crippen LogP contribution in [0.15, 0.2) is 0 Å². The molecule has 0 aromatic carbocycles. The molecule has 0 aliphatic rings. The molecule has 17 heavy (non-hydrogen) atoms. The van der Waals surface area contributed by atoms with Crippen LogP contribution in [0.25, 0.3) is 0 Å². The van der Waals surface area contributed by atoms with E-state index in [0.29, 0.717) is 18.0 Å². The lowest BCUT2D eigenvalue weighted by atomic mass is 10.0. The highest BCUT2D eigenvalue weighted by Crippen LogP contribution is 2.15. The molecule has 1 aromatic rings. The van der Waals surface area contributed by atoms with E-state index in [1.165, 1.54) is 0 Å². The molecule has 1 atom stereocenters. The summed E-state index contributed by atoms with van der Waals surface area (Å²) in [6.07, 6.45) is 1.61. The number of carbonyl (C=O) groups is 1. The molecule has 0 aliphatic carbocycles. The lowest BCUT2D eigenvalue weighted by Crippen LogP contribution is -2.18. The van der Waals surface area contributed by atoms with Crippen LogP contribution in [0.1, 0.15) is 49.4 Å². The first-order valence-corrected chi connectivity index (χ1v) is 5.82. The van der Waals surface area contributed by atoms with E-state index in [1.54, 1.807) is 4.68 Å². The van der Waals surface area contributed by atoms with E-state index in [0.717, 1.165) is 6.42 Å². The number of nitrogens with two attached hydrogens (primary N) is 1. The van der Waals surface area contributed by atoms with Crippen molar-refractivity contribution in [3.63, 3.8) is 0 Å². The number of rotatable bonds is 6. The van der Waals surface area contributed by atoms with Gasteiger partial charge in [0.25, 0.3) is 5.91 Å². The highest BCUT2D eigenvalue weighted by molar-refractivity contribution is 5.91. The smallest absolute Gasteiger partial charge is 0.271 e. The van der Waals surface area contributed by atoms with Crippen LogP contribution in [0.3, 0.4) is 0 Å². The monoisotopic (exact) mass is 240 g/mol. The molecule has 0 bridgehead atoms. The Morgan fingerprint density at radius 3 is 2.59 bits per heavy atom. The van der Waals surface area contributed by atoms with Gasteiger partial charge in [-0.25, -0.2) is 4.68 Å². The zero-order valence-corrected chi connectivity index (χ0v) is 10.6. The van der Waals surface area contributed by atoms with Crippen molar-refractivity contribution < 1.29 is 9.90 Å². The van der Waals surface area contributed by atoms with Crippen LogP contribution in [0.2, 0.25) is 0 Å². The number of hydrogen-bond acceptors (Lipinski definition) is 4. The van der Waals surface area contributed by atoms with Crippen LogP contribution in [0.5, 0.6) is 0 Å². The van der Waals surface area contributed by atoms with Gasteiger partial charge in [-0.3, -0.25) is 4.79 Å². The summed E-state index contributed by atoms with van der Waals surface area (Å²) >= 11 is 0. The van der Waals surface area contributed by atoms with Gasteiger partial charge in [0.05, 0.1) is 18.3 Å². The Hall–Kier alpha value is -1.43. The summed E-state index contributed by atoms with van der Waals surface area (Å²) < 4.78 is 1.59. The largest absolute Gasteiger partial charge is 0.394 e. The van der Waals surface area contributed by atoms with Gasteiger partial charge < -0.3 is 10.8 Å². The first-order valence-electron chi connectivity index (χ1n) is 5.82. The summed E-state index contributed by atoms with van der Waals surface area (Å²) in [4.78, 5) is 11.2. The number of hydrogen-bond donors (Lipinski definition) is 2. The van der Waals surface area contributed by atoms with E-state index >= 15 is 0 Å². The Labute approximate surface area is 101 Å². The van der Waals surface area contributed by atoms with Gasteiger partial charge in [-0.05, 0) is 25.7 Å². The van der Waals surface area contributed by atoms with Crippen molar-refractivity contribution in [2.24, 2.45) is 11.7 Å². The SMILES string of the molecule is CC(C)CCc1c(C(N)=O)nnn1C(C)CO. The maximum atomic E-state index is 11.2. The van der Waals surface area contributed by atoms with Crippen LogP contribution in [0, 0.1) is 5.92 Å². The topological polar surface area (TPSA) is 94.0 Å². The zero-order chi connectivity index (χ0) is 13.0. The lowest BCUT2D eigenvalue weighted by molar-refractivity contribution is 0.0994. The Balaban J connectivity index is 3.01. The van der Waals surface area contributed by atoms with E-state index in [9.17, 15) is 4.79 Å². The van der Waals surface area contributed by atoms with Gasteiger partial charge in [0.15, 0.2) is 5.69 Å². The van der Waals surface area contributed by atoms with E-state index in [2.05, 4.69) is 24.2 Å². The first-order chi connectivity index (χ1) is 7.97. The lowest BCUT2D eigenvalue weighted by Gasteiger charge is -2.13. The third-order valence-corrected chi connectivity index (χ3v) is 2.66. The quantitative estimate of drug-likeness (QED) is 0.758. The molecule has 1 rings (SSSR count). The third kappa shape index (κ3) is 3.26. The Morgan fingerprint density at radius 1 is 1.47 bits per heavy atom. The van der Waals surface area contributed by atoms with Crippen molar-refractivity contribution >= 4 is 5.91 Å². The molecule has 3 N–H and O–H groups in total. The van der Waals surface area contributed by atoms with Crippen molar-refractivity contribution in [1.82, 2.24) is 15.0 Å². The number of amides is 1. The number of aliphatic hydroxyl groups is 1. The molecule has 6 heteroatoms. The number of aromatic nitrogens is 3. The van der Waals surface area contributed by atoms with Gasteiger partial charge >= 0.3 is 0 Å². The minimum atomic E-state index is -0.569. The molecule has 1 aromatic heterocycles. The molecule has 0 radical (unpaired) electrons. The summed E-state index contributed by atoms with van der Waals surface area (Å²) in [6, 6.07) is -0.197. The Bertz CT molecular complexity index is 387. The van der Waals surface area contributed by atoms with Crippen molar-refractivity contribution in [3.8, 4) is 0 Å². The van der Waals surface area contributed by atoms with E-state index in [4.69, 9.17) is 10.8 Å². The van der Waals surface area contributed by atoms with E-state index < -0.39 is 5.91 Å². The number of nitrogens with zero attached hydrogens (tertiary/aromatic N) is 3. The molecular formula is C11H20N4O2. The summed E-state index contributed by atoms with van der Waals surface area (Å²) in [7, 11) is 0. The Kier molecular flexibility index (Phi) is 4.62. The first kappa shape index (κ1) is 13.6. The second kappa shape index (κ2) is 5.77. The van der Waals surface area contributed by atoms with Crippen molar-refractivity contribution in [2.45, 2.75) is 39.7 Å². The molecule has 0 saturated heterocycles. The second-order valence-electron chi connectivity index (χ2n) is 4.66. The third-order valence-electron chi connectivity index (χ3n) is 2.66. The molecule has 6 nitrogen and oxygen atoms in total. The van der Waals surface area contributed by atoms with Crippen LogP contribution >= 0.6 is 0 Å². The van der Waals surface area contributed by atoms with Crippen LogP contribution in [0.4, 0.5) is 0 Å². The van der Waals surface area contributed by atoms with Gasteiger partial charge in [0.2, 0.25) is 0 Å². The molecule has 0 saturated carbocycles. The molecule has 0 spiro atoms. The fraction of sp³-hybridized carbons (Fsp3) is 0.727. The maximum Gasteiger partial charge on any atom is 0.271 e. The van der Waals surface area contributed by atoms with Gasteiger partial charge in [0.1, 0.15) is 0 Å². The van der Waals surface area contributed by atoms with E-state index in [-0.39, 0.29) is 18.3 Å². The Morgan fingerprint density at radius 2 is 2.12 bits per heavy atom. The summed E-state index contributed by atoms with van der Waals surface area (Å²) in [5.74, 6) is -0.0522. The highest BCUT2D eigenvalue weighted by Gasteiger charge is 2.20. The van der Waals surface area contributed by atoms with Gasteiger partial charge in [-0.15, -0.1) is 5.10 Å². The van der Waals surface area contributed by atoms with Gasteiger partial charge in [-0.2, -0.15) is 0 Å². The van der Waals surface area contributed by atoms with Crippen LogP contribution < -0.4 is 5.73 Å². The molecule has 0 aliphatic heterocycles. The molecule has 0 fully saturated rings. The summed E-state index contributed by atoms with van der Waals surface area (Å²) in [6.45, 7) is 5.98. The predicted molar refractivity (Wildman–Crippen MR) is 63.5 cm³/mol. The highest BCUT2D eigenvalue weighted by atomic mass is 16.3. The van der Waals surface area contributed by atoms with Gasteiger partial charge in [-0.1, -0.05) is 19.1 Å². The van der Waals surface area contributed by atoms with Crippen molar-refractivity contribution in [2.75, 3.05) is 6.61 Å². The average Bonchev–Trinajstić information content (AvgIpc) is 2.68. The van der Waals surface area contributed by atoms with Crippen LogP contribution in [-0.2, 0) is 6.42 Å². The summed E-state index contributed by atoms with van der Waals surface area (Å²) in [5.41, 5.74) is 6.19. The molecule has 96 valence electrons. The van der Waals surface area contributed by atoms with Crippen molar-refractivity contribution in [3.05, 3.63) is 11.4 Å². The minimum Gasteiger partial charge on any atom is -0.394 e. The van der Waals surface area contributed by atoms with E-state index in [1.807, 2.05) is 6.92 Å². The number of carbonyl (C=O) groups excluding carboxylic acids is 1. The second-order valence-corrected chi connectivity index (χ2v) is 4.66. The van der Waals surface area contributed by atoms with Crippen molar-refractivity contribution in [1.29, 1.82) is 0 Å². The predicted octanol–water partition coefficient (Wildman–Crippen LogP) is 0.519. The molecule has 1 heterocycles. The summed E-state index contributed by atoms with van der Waals surface area (Å²) in [5, 5.41) is 16.8. The minimum absolute atomic E-state index is 0.0454. The fourth-order valence-electron chi connectivity index (χ4n) is 1.59. The molecule has 1 unspecified atom stereocenters. The maximum absolute atomic E-state index is 11.2. The number of aliphatic hydroxyl groups excluding tert-OH is 1. The number of primary amides is 1. The molecular weight excluding hydrogens is 220 g/mol. The standard InChI is InChI=1S/C11H20N4O2/c1-7(2)4-5-9-10(11(12)17)13-14-15(9)8(3)6-16/h7-8,16H,4-6H2,1-3H3,(H2,12,17).